The molecule has 0 unspecified atom stereocenters. The van der Waals surface area contributed by atoms with Gasteiger partial charge in [-0.05, 0) is 52.7 Å². The van der Waals surface area contributed by atoms with E-state index in [1.807, 2.05) is 30.3 Å². The van der Waals surface area contributed by atoms with E-state index in [2.05, 4.69) is 5.32 Å². The van der Waals surface area contributed by atoms with Crippen LogP contribution in [0.1, 0.15) is 15.9 Å². The van der Waals surface area contributed by atoms with Crippen LogP contribution in [0, 0.1) is 0 Å². The zero-order valence-electron chi connectivity index (χ0n) is 20.0. The first-order valence-corrected chi connectivity index (χ1v) is 15.3. The van der Waals surface area contributed by atoms with E-state index >= 15 is 0 Å². The molecule has 4 aromatic rings. The summed E-state index contributed by atoms with van der Waals surface area (Å²) < 4.78 is 39.5. The number of hydrogen-bond acceptors (Lipinski definition) is 5. The minimum absolute atomic E-state index is 0.00633. The standard InChI is InChI=1S/C26H21Cl2N2O7PS/c27-19-12-20(28)14-22(13-19)39(36,37)30(16-38(33,34)35)25-9-6-18-11-21(7-8-23(18)24(25)15-31)29-26(32)10-17-4-2-1-3-5-17/h1-9,11-15H,10,16H2,(H,29,32)(H2,33,34,35). The van der Waals surface area contributed by atoms with Crippen molar-refractivity contribution >= 4 is 75.2 Å². The van der Waals surface area contributed by atoms with Crippen LogP contribution in [-0.4, -0.2) is 36.7 Å². The Bertz CT molecular complexity index is 1710. The number of carbonyl (C=O) groups is 2. The van der Waals surface area contributed by atoms with E-state index in [4.69, 9.17) is 23.2 Å². The first kappa shape index (κ1) is 28.8. The average molecular weight is 607 g/mol. The van der Waals surface area contributed by atoms with Crippen LogP contribution in [0.3, 0.4) is 0 Å². The van der Waals surface area contributed by atoms with Gasteiger partial charge in [0.2, 0.25) is 5.91 Å². The van der Waals surface area contributed by atoms with Gasteiger partial charge in [-0.1, -0.05) is 65.7 Å². The van der Waals surface area contributed by atoms with Crippen molar-refractivity contribution in [2.24, 2.45) is 0 Å². The molecule has 0 saturated heterocycles. The number of benzene rings is 4. The van der Waals surface area contributed by atoms with Crippen LogP contribution in [0.5, 0.6) is 0 Å². The molecule has 0 bridgehead atoms. The maximum Gasteiger partial charge on any atom is 0.345 e. The van der Waals surface area contributed by atoms with Gasteiger partial charge in [-0.25, -0.2) is 8.42 Å². The maximum absolute atomic E-state index is 13.5. The molecule has 0 aliphatic heterocycles. The second kappa shape index (κ2) is 11.5. The first-order chi connectivity index (χ1) is 18.4. The topological polar surface area (TPSA) is 141 Å². The van der Waals surface area contributed by atoms with Gasteiger partial charge in [0.1, 0.15) is 6.29 Å². The molecular formula is C26H21Cl2N2O7PS. The van der Waals surface area contributed by atoms with Crippen molar-refractivity contribution in [2.75, 3.05) is 15.9 Å². The molecule has 0 fully saturated rings. The van der Waals surface area contributed by atoms with Gasteiger partial charge in [-0.3, -0.25) is 18.5 Å². The van der Waals surface area contributed by atoms with Crippen LogP contribution in [0.25, 0.3) is 10.8 Å². The fraction of sp³-hybridized carbons (Fsp3) is 0.0769. The van der Waals surface area contributed by atoms with Gasteiger partial charge in [0.25, 0.3) is 10.0 Å². The monoisotopic (exact) mass is 606 g/mol. The fourth-order valence-corrected chi connectivity index (χ4v) is 7.43. The summed E-state index contributed by atoms with van der Waals surface area (Å²) in [6.45, 7) is 0. The lowest BCUT2D eigenvalue weighted by molar-refractivity contribution is -0.115. The van der Waals surface area contributed by atoms with Gasteiger partial charge >= 0.3 is 7.60 Å². The molecule has 0 radical (unpaired) electrons. The smallest absolute Gasteiger partial charge is 0.326 e. The molecule has 13 heteroatoms. The lowest BCUT2D eigenvalue weighted by Gasteiger charge is -2.26. The van der Waals surface area contributed by atoms with Gasteiger partial charge < -0.3 is 15.1 Å². The highest BCUT2D eigenvalue weighted by atomic mass is 35.5. The summed E-state index contributed by atoms with van der Waals surface area (Å²) >= 11 is 11.9. The van der Waals surface area contributed by atoms with E-state index in [1.54, 1.807) is 12.1 Å². The summed E-state index contributed by atoms with van der Waals surface area (Å²) in [4.78, 5) is 43.7. The van der Waals surface area contributed by atoms with Gasteiger partial charge in [0.05, 0.1) is 17.0 Å². The second-order valence-electron chi connectivity index (χ2n) is 8.53. The summed E-state index contributed by atoms with van der Waals surface area (Å²) in [7, 11) is -9.59. The highest BCUT2D eigenvalue weighted by Gasteiger charge is 2.33. The number of rotatable bonds is 9. The minimum atomic E-state index is -4.95. The van der Waals surface area contributed by atoms with Gasteiger partial charge in [0.15, 0.2) is 6.29 Å². The molecule has 202 valence electrons. The molecule has 3 N–H and O–H groups in total. The normalized spacial score (nSPS) is 11.8. The number of carbonyl (C=O) groups excluding carboxylic acids is 2. The van der Waals surface area contributed by atoms with Crippen molar-refractivity contribution in [3.05, 3.63) is 100 Å². The Morgan fingerprint density at radius 1 is 0.949 bits per heavy atom. The van der Waals surface area contributed by atoms with Gasteiger partial charge in [-0.15, -0.1) is 0 Å². The van der Waals surface area contributed by atoms with E-state index in [9.17, 15) is 32.4 Å². The third kappa shape index (κ3) is 6.86. The molecule has 0 saturated carbocycles. The molecule has 0 atom stereocenters. The van der Waals surface area contributed by atoms with Crippen molar-refractivity contribution in [3.63, 3.8) is 0 Å². The summed E-state index contributed by atoms with van der Waals surface area (Å²) in [6, 6.07) is 20.0. The molecular weight excluding hydrogens is 586 g/mol. The number of sulfonamides is 1. The zero-order chi connectivity index (χ0) is 28.4. The van der Waals surface area contributed by atoms with Crippen LogP contribution in [-0.2, 0) is 25.8 Å². The van der Waals surface area contributed by atoms with Crippen molar-refractivity contribution in [3.8, 4) is 0 Å². The van der Waals surface area contributed by atoms with Crippen LogP contribution in [0.2, 0.25) is 10.0 Å². The minimum Gasteiger partial charge on any atom is -0.326 e. The Morgan fingerprint density at radius 3 is 2.23 bits per heavy atom. The summed E-state index contributed by atoms with van der Waals surface area (Å²) in [5.41, 5.74) is 0.898. The van der Waals surface area contributed by atoms with Crippen LogP contribution in [0.15, 0.2) is 83.8 Å². The van der Waals surface area contributed by atoms with Gasteiger partial charge in [0, 0.05) is 21.3 Å². The predicted octanol–water partition coefficient (Wildman–Crippen LogP) is 5.47. The number of anilines is 2. The SMILES string of the molecule is O=Cc1c(N(CP(=O)(O)O)S(=O)(=O)c2cc(Cl)cc(Cl)c2)ccc2cc(NC(=O)Cc3ccccc3)ccc12. The number of hydrogen-bond donors (Lipinski definition) is 3. The van der Waals surface area contributed by atoms with E-state index in [-0.39, 0.29) is 33.6 Å². The number of aldehydes is 1. The Labute approximate surface area is 234 Å². The Morgan fingerprint density at radius 2 is 1.62 bits per heavy atom. The summed E-state index contributed by atoms with van der Waals surface area (Å²) in [5, 5.41) is 3.56. The van der Waals surface area contributed by atoms with Crippen molar-refractivity contribution in [1.82, 2.24) is 0 Å². The molecule has 39 heavy (non-hydrogen) atoms. The summed E-state index contributed by atoms with van der Waals surface area (Å²) in [5.74, 6) is -0.258. The lowest BCUT2D eigenvalue weighted by atomic mass is 10.0. The maximum atomic E-state index is 13.5. The number of fused-ring (bicyclic) bond motifs is 1. The second-order valence-corrected chi connectivity index (χ2v) is 12.9. The number of nitrogens with zero attached hydrogens (tertiary/aromatic N) is 1. The van der Waals surface area contributed by atoms with Gasteiger partial charge in [-0.2, -0.15) is 0 Å². The average Bonchev–Trinajstić information content (AvgIpc) is 2.86. The fourth-order valence-electron chi connectivity index (χ4n) is 4.00. The largest absolute Gasteiger partial charge is 0.345 e. The molecule has 0 aliphatic carbocycles. The van der Waals surface area contributed by atoms with Crippen molar-refractivity contribution in [1.29, 1.82) is 0 Å². The number of halogens is 2. The highest BCUT2D eigenvalue weighted by Crippen LogP contribution is 2.42. The first-order valence-electron chi connectivity index (χ1n) is 11.3. The van der Waals surface area contributed by atoms with Crippen molar-refractivity contribution < 1.29 is 32.4 Å². The molecule has 1 amide bonds. The van der Waals surface area contributed by atoms with Crippen molar-refractivity contribution in [2.45, 2.75) is 11.3 Å². The summed E-state index contributed by atoms with van der Waals surface area (Å²) in [6.07, 6.45) is -0.683. The number of nitrogens with one attached hydrogen (secondary N) is 1. The van der Waals surface area contributed by atoms with E-state index in [0.717, 1.165) is 17.7 Å². The molecule has 0 spiro atoms. The predicted molar refractivity (Wildman–Crippen MR) is 151 cm³/mol. The highest BCUT2D eigenvalue weighted by molar-refractivity contribution is 7.93. The Kier molecular flexibility index (Phi) is 8.46. The Hall–Kier alpha value is -3.24. The molecule has 0 aliphatic rings. The van der Waals surface area contributed by atoms with Crippen LogP contribution in [0.4, 0.5) is 11.4 Å². The van der Waals surface area contributed by atoms with E-state index < -0.39 is 28.8 Å². The quantitative estimate of drug-likeness (QED) is 0.169. The van der Waals surface area contributed by atoms with E-state index in [1.165, 1.54) is 24.3 Å². The number of amides is 1. The Balaban J connectivity index is 1.75. The molecule has 0 aromatic heterocycles. The molecule has 4 aromatic carbocycles. The third-order valence-electron chi connectivity index (χ3n) is 5.65. The molecule has 0 heterocycles. The van der Waals surface area contributed by atoms with Crippen LogP contribution < -0.4 is 9.62 Å². The van der Waals surface area contributed by atoms with Crippen LogP contribution >= 0.6 is 30.8 Å². The lowest BCUT2D eigenvalue weighted by Crippen LogP contribution is -2.33. The zero-order valence-corrected chi connectivity index (χ0v) is 23.2. The van der Waals surface area contributed by atoms with E-state index in [0.29, 0.717) is 27.1 Å². The molecule has 9 nitrogen and oxygen atoms in total. The third-order valence-corrected chi connectivity index (χ3v) is 8.67. The molecule has 4 rings (SSSR count).